The van der Waals surface area contributed by atoms with E-state index in [1.165, 1.54) is 0 Å². The number of aryl methyl sites for hydroxylation is 1. The van der Waals surface area contributed by atoms with Gasteiger partial charge in [0.05, 0.1) is 0 Å². The number of rotatable bonds is 8. The van der Waals surface area contributed by atoms with Crippen LogP contribution in [0.25, 0.3) is 0 Å². The number of hydrogen-bond donors (Lipinski definition) is 1. The van der Waals surface area contributed by atoms with Crippen LogP contribution in [0.15, 0.2) is 12.1 Å². The van der Waals surface area contributed by atoms with Gasteiger partial charge in [-0.15, -0.1) is 0 Å². The fourth-order valence-corrected chi connectivity index (χ4v) is 2.60. The molecule has 1 amide bonds. The molecule has 1 aromatic heterocycles. The molecule has 0 saturated heterocycles. The van der Waals surface area contributed by atoms with E-state index >= 15 is 0 Å². The number of hydrogen-bond acceptors (Lipinski definition) is 4. The second kappa shape index (κ2) is 8.93. The molecule has 0 bridgehead atoms. The summed E-state index contributed by atoms with van der Waals surface area (Å²) in [4.78, 5) is 18.8. The van der Waals surface area contributed by atoms with E-state index in [0.29, 0.717) is 5.56 Å². The van der Waals surface area contributed by atoms with Gasteiger partial charge in [0.15, 0.2) is 0 Å². The van der Waals surface area contributed by atoms with E-state index in [1.54, 1.807) is 0 Å². The highest BCUT2D eigenvalue weighted by molar-refractivity contribution is 7.98. The number of nitrogens with one attached hydrogen (secondary N) is 1. The van der Waals surface area contributed by atoms with E-state index in [1.807, 2.05) is 42.8 Å². The third-order valence-corrected chi connectivity index (χ3v) is 4.12. The maximum absolute atomic E-state index is 12.6. The second-order valence-corrected chi connectivity index (χ2v) is 6.34. The van der Waals surface area contributed by atoms with Crippen molar-refractivity contribution in [2.75, 3.05) is 30.9 Å². The fourth-order valence-electron chi connectivity index (χ4n) is 2.02. The molecule has 0 spiro atoms. The molecule has 5 heteroatoms. The number of carbonyl (C=O) groups is 1. The van der Waals surface area contributed by atoms with Gasteiger partial charge in [-0.2, -0.15) is 11.8 Å². The van der Waals surface area contributed by atoms with Crippen molar-refractivity contribution in [3.05, 3.63) is 23.4 Å². The van der Waals surface area contributed by atoms with Crippen molar-refractivity contribution < 1.29 is 4.79 Å². The number of amides is 1. The zero-order valence-corrected chi connectivity index (χ0v) is 14.6. The predicted molar refractivity (Wildman–Crippen MR) is 92.3 cm³/mol. The summed E-state index contributed by atoms with van der Waals surface area (Å²) >= 11 is 1.81. The molecule has 118 valence electrons. The molecule has 0 aromatic carbocycles. The zero-order valence-electron chi connectivity index (χ0n) is 13.8. The van der Waals surface area contributed by atoms with Crippen LogP contribution in [0, 0.1) is 6.92 Å². The molecule has 0 radical (unpaired) electrons. The number of anilines is 1. The molecule has 21 heavy (non-hydrogen) atoms. The molecule has 0 aliphatic heterocycles. The van der Waals surface area contributed by atoms with E-state index in [9.17, 15) is 4.79 Å². The minimum atomic E-state index is 0.0636. The van der Waals surface area contributed by atoms with E-state index in [2.05, 4.69) is 30.4 Å². The van der Waals surface area contributed by atoms with Crippen molar-refractivity contribution in [3.8, 4) is 0 Å². The first kappa shape index (κ1) is 17.8. The number of nitrogens with zero attached hydrogens (tertiary/aromatic N) is 2. The average molecular weight is 309 g/mol. The minimum absolute atomic E-state index is 0.0636. The molecule has 1 rings (SSSR count). The third-order valence-electron chi connectivity index (χ3n) is 3.48. The van der Waals surface area contributed by atoms with E-state index in [0.717, 1.165) is 36.7 Å². The van der Waals surface area contributed by atoms with Gasteiger partial charge in [-0.25, -0.2) is 4.98 Å². The molecule has 0 aliphatic carbocycles. The summed E-state index contributed by atoms with van der Waals surface area (Å²) in [5, 5.41) is 3.25. The van der Waals surface area contributed by atoms with Gasteiger partial charge in [0.2, 0.25) is 0 Å². The van der Waals surface area contributed by atoms with Crippen LogP contribution in [0.3, 0.4) is 0 Å². The van der Waals surface area contributed by atoms with Gasteiger partial charge in [0.1, 0.15) is 5.82 Å². The molecular formula is C16H27N3OS. The van der Waals surface area contributed by atoms with Crippen molar-refractivity contribution in [1.82, 2.24) is 9.88 Å². The fraction of sp³-hybridized carbons (Fsp3) is 0.625. The number of aromatic nitrogens is 1. The van der Waals surface area contributed by atoms with Gasteiger partial charge in [-0.3, -0.25) is 4.79 Å². The van der Waals surface area contributed by atoms with E-state index in [-0.39, 0.29) is 11.9 Å². The van der Waals surface area contributed by atoms with Crippen LogP contribution >= 0.6 is 11.8 Å². The Balaban J connectivity index is 2.83. The Hall–Kier alpha value is -1.23. The van der Waals surface area contributed by atoms with Crippen LogP contribution in [0.5, 0.6) is 0 Å². The molecule has 0 aliphatic rings. The quantitative estimate of drug-likeness (QED) is 0.799. The van der Waals surface area contributed by atoms with Gasteiger partial charge in [-0.05, 0) is 50.8 Å². The first-order chi connectivity index (χ1) is 9.99. The lowest BCUT2D eigenvalue weighted by atomic mass is 10.1. The highest BCUT2D eigenvalue weighted by Crippen LogP contribution is 2.15. The van der Waals surface area contributed by atoms with Crippen molar-refractivity contribution in [2.45, 2.75) is 39.7 Å². The summed E-state index contributed by atoms with van der Waals surface area (Å²) in [5.41, 5.74) is 1.57. The lowest BCUT2D eigenvalue weighted by molar-refractivity contribution is 0.0741. The monoisotopic (exact) mass is 309 g/mol. The molecular weight excluding hydrogens is 282 g/mol. The minimum Gasteiger partial charge on any atom is -0.370 e. The molecule has 0 saturated carbocycles. The SMILES string of the molecule is CCCNc1cc(C(=O)N(C)C(C)CCSC)cc(C)n1. The van der Waals surface area contributed by atoms with Crippen LogP contribution in [-0.2, 0) is 0 Å². The van der Waals surface area contributed by atoms with Crippen molar-refractivity contribution in [1.29, 1.82) is 0 Å². The van der Waals surface area contributed by atoms with Crippen LogP contribution in [0.1, 0.15) is 42.7 Å². The Morgan fingerprint density at radius 3 is 2.81 bits per heavy atom. The summed E-state index contributed by atoms with van der Waals surface area (Å²) in [6.07, 6.45) is 4.13. The van der Waals surface area contributed by atoms with Crippen LogP contribution < -0.4 is 5.32 Å². The van der Waals surface area contributed by atoms with Crippen molar-refractivity contribution >= 4 is 23.5 Å². The Morgan fingerprint density at radius 2 is 2.19 bits per heavy atom. The Morgan fingerprint density at radius 1 is 1.48 bits per heavy atom. The molecule has 1 unspecified atom stereocenters. The third kappa shape index (κ3) is 5.58. The van der Waals surface area contributed by atoms with Crippen molar-refractivity contribution in [3.63, 3.8) is 0 Å². The average Bonchev–Trinajstić information content (AvgIpc) is 2.48. The molecule has 0 fully saturated rings. The number of carbonyl (C=O) groups excluding carboxylic acids is 1. The van der Waals surface area contributed by atoms with Gasteiger partial charge in [0, 0.05) is 30.9 Å². The first-order valence-corrected chi connectivity index (χ1v) is 8.87. The first-order valence-electron chi connectivity index (χ1n) is 7.48. The predicted octanol–water partition coefficient (Wildman–Crippen LogP) is 3.43. The smallest absolute Gasteiger partial charge is 0.254 e. The van der Waals surface area contributed by atoms with Gasteiger partial charge >= 0.3 is 0 Å². The topological polar surface area (TPSA) is 45.2 Å². The van der Waals surface area contributed by atoms with Crippen LogP contribution in [0.4, 0.5) is 5.82 Å². The number of pyridine rings is 1. The Bertz CT molecular complexity index is 465. The highest BCUT2D eigenvalue weighted by Gasteiger charge is 2.18. The van der Waals surface area contributed by atoms with E-state index in [4.69, 9.17) is 0 Å². The Labute approximate surface area is 132 Å². The van der Waals surface area contributed by atoms with E-state index < -0.39 is 0 Å². The summed E-state index contributed by atoms with van der Waals surface area (Å²) in [6, 6.07) is 3.95. The summed E-state index contributed by atoms with van der Waals surface area (Å²) in [5.74, 6) is 1.91. The Kier molecular flexibility index (Phi) is 7.57. The summed E-state index contributed by atoms with van der Waals surface area (Å²) in [6.45, 7) is 6.99. The molecule has 1 atom stereocenters. The molecule has 1 N–H and O–H groups in total. The normalized spacial score (nSPS) is 12.0. The molecule has 4 nitrogen and oxygen atoms in total. The molecule has 1 heterocycles. The molecule has 1 aromatic rings. The van der Waals surface area contributed by atoms with Gasteiger partial charge in [-0.1, -0.05) is 6.92 Å². The van der Waals surface area contributed by atoms with Gasteiger partial charge < -0.3 is 10.2 Å². The summed E-state index contributed by atoms with van der Waals surface area (Å²) < 4.78 is 0. The number of thioether (sulfide) groups is 1. The van der Waals surface area contributed by atoms with Crippen LogP contribution in [0.2, 0.25) is 0 Å². The van der Waals surface area contributed by atoms with Crippen LogP contribution in [-0.4, -0.2) is 47.4 Å². The second-order valence-electron chi connectivity index (χ2n) is 5.36. The van der Waals surface area contributed by atoms with Gasteiger partial charge in [0.25, 0.3) is 5.91 Å². The van der Waals surface area contributed by atoms with Crippen molar-refractivity contribution in [2.24, 2.45) is 0 Å². The highest BCUT2D eigenvalue weighted by atomic mass is 32.2. The maximum atomic E-state index is 12.6. The summed E-state index contributed by atoms with van der Waals surface area (Å²) in [7, 11) is 1.88. The zero-order chi connectivity index (χ0) is 15.8. The lowest BCUT2D eigenvalue weighted by Gasteiger charge is -2.25. The standard InChI is InChI=1S/C16H27N3OS/c1-6-8-17-15-11-14(10-12(2)18-15)16(20)19(4)13(3)7-9-21-5/h10-11,13H,6-9H2,1-5H3,(H,17,18). The lowest BCUT2D eigenvalue weighted by Crippen LogP contribution is -2.35. The largest absolute Gasteiger partial charge is 0.370 e. The maximum Gasteiger partial charge on any atom is 0.254 e.